The van der Waals surface area contributed by atoms with Gasteiger partial charge in [-0.15, -0.1) is 6.58 Å². The third kappa shape index (κ3) is 4.52. The summed E-state index contributed by atoms with van der Waals surface area (Å²) in [6.45, 7) is 16.6. The number of aliphatic hydroxyl groups is 3. The molecule has 1 aliphatic heterocycles. The van der Waals surface area contributed by atoms with Crippen LogP contribution in [0, 0.1) is 16.7 Å². The maximum Gasteiger partial charge on any atom is 0.344 e. The highest BCUT2D eigenvalue weighted by Crippen LogP contribution is 2.67. The molecule has 0 aromatic heterocycles. The number of fused-ring (bicyclic) bond motifs is 3. The molecule has 10 nitrogen and oxygen atoms in total. The van der Waals surface area contributed by atoms with Crippen LogP contribution in [0.25, 0.3) is 0 Å². The van der Waals surface area contributed by atoms with Crippen molar-refractivity contribution in [2.75, 3.05) is 26.2 Å². The molecule has 2 aliphatic carbocycles. The van der Waals surface area contributed by atoms with Crippen LogP contribution in [0.4, 0.5) is 0 Å². The monoisotopic (exact) mass is 539 g/mol. The average molecular weight is 540 g/mol. The lowest BCUT2D eigenvalue weighted by atomic mass is 9.40. The fraction of sp³-hybridized carbons (Fsp3) is 0.821. The smallest absolute Gasteiger partial charge is 0.344 e. The largest absolute Gasteiger partial charge is 0.454 e. The molecule has 3 N–H and O–H groups in total. The van der Waals surface area contributed by atoms with E-state index in [1.165, 1.54) is 13.0 Å². The Morgan fingerprint density at radius 1 is 1.13 bits per heavy atom. The first kappa shape index (κ1) is 30.7. The number of Topliss-reactive ketones (excluding diaryl/α,β-unsaturated/α-hetero) is 1. The molecule has 1 unspecified atom stereocenters. The van der Waals surface area contributed by atoms with Crippen LogP contribution in [-0.4, -0.2) is 99.3 Å². The first-order valence-electron chi connectivity index (χ1n) is 13.5. The van der Waals surface area contributed by atoms with Crippen LogP contribution in [-0.2, 0) is 28.6 Å². The second kappa shape index (κ2) is 10.3. The normalized spacial score (nSPS) is 42.1. The zero-order chi connectivity index (χ0) is 28.9. The zero-order valence-corrected chi connectivity index (χ0v) is 23.8. The number of esters is 2. The molecule has 0 bridgehead atoms. The lowest BCUT2D eigenvalue weighted by Gasteiger charge is -2.71. The Morgan fingerprint density at radius 2 is 1.74 bits per heavy atom. The molecule has 3 fully saturated rings. The number of ketones is 1. The maximum absolute atomic E-state index is 13.9. The number of aliphatic hydroxyl groups excluding tert-OH is 2. The Bertz CT molecular complexity index is 964. The van der Waals surface area contributed by atoms with Gasteiger partial charge in [0.2, 0.25) is 0 Å². The second-order valence-corrected chi connectivity index (χ2v) is 12.4. The van der Waals surface area contributed by atoms with Crippen molar-refractivity contribution in [2.24, 2.45) is 16.7 Å². The summed E-state index contributed by atoms with van der Waals surface area (Å²) in [5, 5.41) is 35.5. The van der Waals surface area contributed by atoms with Gasteiger partial charge in [0.05, 0.1) is 24.4 Å². The Labute approximate surface area is 225 Å². The number of ether oxygens (including phenoxy) is 3. The van der Waals surface area contributed by atoms with Crippen LogP contribution in [0.3, 0.4) is 0 Å². The van der Waals surface area contributed by atoms with Crippen LogP contribution < -0.4 is 0 Å². The molecule has 0 spiro atoms. The molecule has 1 heterocycles. The van der Waals surface area contributed by atoms with Gasteiger partial charge in [-0.1, -0.05) is 40.7 Å². The molecule has 10 heteroatoms. The van der Waals surface area contributed by atoms with Gasteiger partial charge in [-0.2, -0.15) is 0 Å². The molecule has 1 saturated heterocycles. The van der Waals surface area contributed by atoms with Gasteiger partial charge in [0.1, 0.15) is 5.60 Å². The van der Waals surface area contributed by atoms with E-state index < -0.39 is 76.2 Å². The van der Waals surface area contributed by atoms with Crippen molar-refractivity contribution in [3.63, 3.8) is 0 Å². The molecule has 2 saturated carbocycles. The van der Waals surface area contributed by atoms with Crippen molar-refractivity contribution in [3.05, 3.63) is 12.7 Å². The number of nitrogens with zero attached hydrogens (tertiary/aromatic N) is 1. The van der Waals surface area contributed by atoms with Crippen LogP contribution in [0.5, 0.6) is 0 Å². The van der Waals surface area contributed by atoms with E-state index in [2.05, 4.69) is 6.58 Å². The van der Waals surface area contributed by atoms with E-state index >= 15 is 0 Å². The molecule has 0 aromatic rings. The Balaban J connectivity index is 2.02. The first-order chi connectivity index (χ1) is 17.5. The first-order valence-corrected chi connectivity index (χ1v) is 13.5. The van der Waals surface area contributed by atoms with Gasteiger partial charge in [-0.25, -0.2) is 4.79 Å². The predicted molar refractivity (Wildman–Crippen MR) is 138 cm³/mol. The minimum atomic E-state index is -2.31. The fourth-order valence-corrected chi connectivity index (χ4v) is 7.47. The maximum atomic E-state index is 13.9. The number of carbonyl (C=O) groups is 3. The van der Waals surface area contributed by atoms with Gasteiger partial charge in [0.15, 0.2) is 24.1 Å². The van der Waals surface area contributed by atoms with Gasteiger partial charge in [0, 0.05) is 17.8 Å². The summed E-state index contributed by atoms with van der Waals surface area (Å²) in [7, 11) is 0. The van der Waals surface area contributed by atoms with E-state index in [0.717, 1.165) is 0 Å². The summed E-state index contributed by atoms with van der Waals surface area (Å²) < 4.78 is 17.2. The van der Waals surface area contributed by atoms with Crippen molar-refractivity contribution >= 4 is 17.7 Å². The lowest BCUT2D eigenvalue weighted by Crippen LogP contribution is -2.86. The molecule has 3 aliphatic rings. The molecule has 0 amide bonds. The van der Waals surface area contributed by atoms with E-state index in [1.807, 2.05) is 32.6 Å². The average Bonchev–Trinajstić information content (AvgIpc) is 2.84. The number of likely N-dealkylation sites (N-methyl/N-ethyl adjacent to an activating group) is 1. The summed E-state index contributed by atoms with van der Waals surface area (Å²) in [5.74, 6) is -2.98. The van der Waals surface area contributed by atoms with Gasteiger partial charge in [0.25, 0.3) is 0 Å². The van der Waals surface area contributed by atoms with Crippen molar-refractivity contribution in [1.82, 2.24) is 4.90 Å². The van der Waals surface area contributed by atoms with Crippen molar-refractivity contribution in [2.45, 2.75) is 103 Å². The molecule has 0 aromatic carbocycles. The van der Waals surface area contributed by atoms with Gasteiger partial charge in [-0.05, 0) is 45.2 Å². The van der Waals surface area contributed by atoms with Crippen LogP contribution >= 0.6 is 0 Å². The third-order valence-electron chi connectivity index (χ3n) is 9.58. The SMILES string of the molecule is C=C[C@@]1(C)CC(=O)[C@@]2(O)[C@](C)(O1)[C@@H](OC(=O)COC(=O)CN(CC)CC)[C@@H](O)C1C(C)(C)CC[C@H](O)[C@@]12C. The third-order valence-corrected chi connectivity index (χ3v) is 9.58. The number of hydrogen-bond donors (Lipinski definition) is 3. The number of carbonyl (C=O) groups excluding carboxylic acids is 3. The Kier molecular flexibility index (Phi) is 8.30. The van der Waals surface area contributed by atoms with Gasteiger partial charge in [-0.3, -0.25) is 14.5 Å². The highest BCUT2D eigenvalue weighted by molar-refractivity contribution is 5.92. The molecule has 38 heavy (non-hydrogen) atoms. The van der Waals surface area contributed by atoms with E-state index in [0.29, 0.717) is 25.9 Å². The summed E-state index contributed by atoms with van der Waals surface area (Å²) >= 11 is 0. The van der Waals surface area contributed by atoms with Crippen LogP contribution in [0.2, 0.25) is 0 Å². The van der Waals surface area contributed by atoms with E-state index in [4.69, 9.17) is 14.2 Å². The van der Waals surface area contributed by atoms with Crippen LogP contribution in [0.15, 0.2) is 12.7 Å². The Morgan fingerprint density at radius 3 is 2.29 bits per heavy atom. The molecule has 8 atom stereocenters. The number of rotatable bonds is 8. The molecule has 0 radical (unpaired) electrons. The molecular formula is C28H45NO9. The van der Waals surface area contributed by atoms with E-state index in [9.17, 15) is 29.7 Å². The van der Waals surface area contributed by atoms with Gasteiger partial charge < -0.3 is 29.5 Å². The summed E-state index contributed by atoms with van der Waals surface area (Å²) in [6.07, 6.45) is -1.99. The highest BCUT2D eigenvalue weighted by Gasteiger charge is 2.81. The number of hydrogen-bond acceptors (Lipinski definition) is 10. The van der Waals surface area contributed by atoms with Crippen molar-refractivity contribution in [1.29, 1.82) is 0 Å². The minimum absolute atomic E-state index is 0.00556. The topological polar surface area (TPSA) is 143 Å². The van der Waals surface area contributed by atoms with Crippen LogP contribution in [0.1, 0.15) is 67.7 Å². The molecular weight excluding hydrogens is 494 g/mol. The predicted octanol–water partition coefficient (Wildman–Crippen LogP) is 1.39. The molecule has 3 rings (SSSR count). The van der Waals surface area contributed by atoms with E-state index in [-0.39, 0.29) is 13.0 Å². The second-order valence-electron chi connectivity index (χ2n) is 12.4. The fourth-order valence-electron chi connectivity index (χ4n) is 7.47. The highest BCUT2D eigenvalue weighted by atomic mass is 16.6. The summed E-state index contributed by atoms with van der Waals surface area (Å²) in [6, 6.07) is 0. The minimum Gasteiger partial charge on any atom is -0.454 e. The molecule has 216 valence electrons. The quantitative estimate of drug-likeness (QED) is 0.306. The standard InChI is InChI=1S/C28H45NO9/c1-9-25(6)14-18(31)28(35)26(7)17(30)12-13-24(4,5)22(26)21(34)23(27(28,8)38-25)37-20(33)16-36-19(32)15-29(10-2)11-3/h9,17,21-23,30,34-35H,1,10-16H2,2-8H3/t17-,21-,22?,23-,25-,26-,27+,28-/m0/s1. The van der Waals surface area contributed by atoms with E-state index in [1.54, 1.807) is 13.8 Å². The van der Waals surface area contributed by atoms with Gasteiger partial charge >= 0.3 is 11.9 Å². The lowest BCUT2D eigenvalue weighted by molar-refractivity contribution is -0.370. The Hall–Kier alpha value is -1.85. The van der Waals surface area contributed by atoms with Crippen molar-refractivity contribution in [3.8, 4) is 0 Å². The van der Waals surface area contributed by atoms with Crippen molar-refractivity contribution < 1.29 is 43.9 Å². The summed E-state index contributed by atoms with van der Waals surface area (Å²) in [4.78, 5) is 40.9. The summed E-state index contributed by atoms with van der Waals surface area (Å²) in [5.41, 5.74) is -7.64. The zero-order valence-electron chi connectivity index (χ0n) is 23.8.